The predicted molar refractivity (Wildman–Crippen MR) is 67.9 cm³/mol. The van der Waals surface area contributed by atoms with E-state index in [1.54, 1.807) is 18.2 Å². The molecule has 0 aliphatic carbocycles. The number of amidine groups is 1. The number of carboxylic acids is 1. The summed E-state index contributed by atoms with van der Waals surface area (Å²) in [5.74, 6) is -1.40. The number of rotatable bonds is 2. The molecule has 18 heavy (non-hydrogen) atoms. The standard InChI is InChI=1S/C11H8N2O4S/c14-9-8(18-11(12-9)13-17)5-6-1-3-7(4-2-6)10(15)16/h1-5,17H,(H,15,16)(H,12,13,14)/p-1/b8-5+. The maximum Gasteiger partial charge on any atom is 0.335 e. The number of carboxylic acid groups (broad SMARTS) is 1. The maximum absolute atomic E-state index is 11.4. The molecule has 7 heteroatoms. The van der Waals surface area contributed by atoms with E-state index in [-0.39, 0.29) is 10.7 Å². The molecule has 0 unspecified atom stereocenters. The van der Waals surface area contributed by atoms with Gasteiger partial charge in [0.2, 0.25) is 0 Å². The smallest absolute Gasteiger partial charge is 0.335 e. The van der Waals surface area contributed by atoms with Gasteiger partial charge in [0.1, 0.15) is 0 Å². The molecule has 1 aromatic carbocycles. The zero-order chi connectivity index (χ0) is 13.1. The van der Waals surface area contributed by atoms with Crippen molar-refractivity contribution in [2.24, 2.45) is 5.16 Å². The molecule has 1 aromatic rings. The summed E-state index contributed by atoms with van der Waals surface area (Å²) in [4.78, 5) is 22.4. The molecule has 0 spiro atoms. The van der Waals surface area contributed by atoms with Gasteiger partial charge >= 0.3 is 5.97 Å². The van der Waals surface area contributed by atoms with Crippen LogP contribution < -0.4 is 5.32 Å². The highest BCUT2D eigenvalue weighted by Crippen LogP contribution is 2.25. The maximum atomic E-state index is 11.4. The molecule has 2 rings (SSSR count). The Morgan fingerprint density at radius 3 is 2.56 bits per heavy atom. The van der Waals surface area contributed by atoms with E-state index >= 15 is 0 Å². The van der Waals surface area contributed by atoms with E-state index in [1.807, 2.05) is 0 Å². The quantitative estimate of drug-likeness (QED) is 0.621. The van der Waals surface area contributed by atoms with Crippen LogP contribution in [0.1, 0.15) is 15.9 Å². The molecule has 0 bridgehead atoms. The zero-order valence-electron chi connectivity index (χ0n) is 8.91. The van der Waals surface area contributed by atoms with Crippen molar-refractivity contribution in [2.45, 2.75) is 0 Å². The summed E-state index contributed by atoms with van der Waals surface area (Å²) < 4.78 is 0. The van der Waals surface area contributed by atoms with Gasteiger partial charge in [-0.3, -0.25) is 9.95 Å². The molecular weight excluding hydrogens is 256 g/mol. The van der Waals surface area contributed by atoms with Gasteiger partial charge in [-0.2, -0.15) is 0 Å². The third-order valence-electron chi connectivity index (χ3n) is 2.19. The number of benzene rings is 1. The number of nitrogens with one attached hydrogen (secondary N) is 1. The minimum Gasteiger partial charge on any atom is -0.790 e. The van der Waals surface area contributed by atoms with E-state index < -0.39 is 11.9 Å². The normalized spacial score (nSPS) is 19.2. The first-order chi connectivity index (χ1) is 8.60. The van der Waals surface area contributed by atoms with Crippen molar-refractivity contribution in [1.29, 1.82) is 0 Å². The van der Waals surface area contributed by atoms with E-state index in [9.17, 15) is 14.8 Å². The summed E-state index contributed by atoms with van der Waals surface area (Å²) in [5.41, 5.74) is 0.840. The molecule has 92 valence electrons. The topological polar surface area (TPSA) is 102 Å². The Morgan fingerprint density at radius 2 is 2.06 bits per heavy atom. The van der Waals surface area contributed by atoms with Gasteiger partial charge in [-0.15, -0.1) is 0 Å². The number of hydrogen-bond donors (Lipinski definition) is 2. The summed E-state index contributed by atoms with van der Waals surface area (Å²) in [6, 6.07) is 6.04. The second-order valence-corrected chi connectivity index (χ2v) is 4.42. The summed E-state index contributed by atoms with van der Waals surface area (Å²) >= 11 is 0.946. The Balaban J connectivity index is 2.23. The molecule has 1 aliphatic heterocycles. The lowest BCUT2D eigenvalue weighted by Crippen LogP contribution is -2.19. The molecule has 2 N–H and O–H groups in total. The number of nitrogens with zero attached hydrogens (tertiary/aromatic N) is 1. The van der Waals surface area contributed by atoms with Crippen LogP contribution in [0.3, 0.4) is 0 Å². The molecule has 1 saturated heterocycles. The second-order valence-electron chi connectivity index (χ2n) is 3.39. The molecule has 0 aromatic heterocycles. The SMILES string of the molecule is O=C1N/C(=N\[O-])S/C1=C/c1ccc(C(=O)O)cc1. The zero-order valence-corrected chi connectivity index (χ0v) is 9.73. The van der Waals surface area contributed by atoms with Crippen molar-refractivity contribution >= 4 is 34.9 Å². The Kier molecular flexibility index (Phi) is 3.33. The largest absolute Gasteiger partial charge is 0.790 e. The number of carbonyl (C=O) groups is 2. The van der Waals surface area contributed by atoms with Crippen LogP contribution in [0.4, 0.5) is 0 Å². The van der Waals surface area contributed by atoms with Crippen molar-refractivity contribution in [3.8, 4) is 0 Å². The van der Waals surface area contributed by atoms with Crippen LogP contribution in [0.5, 0.6) is 0 Å². The number of hydrogen-bond acceptors (Lipinski definition) is 5. The first-order valence-corrected chi connectivity index (χ1v) is 5.66. The van der Waals surface area contributed by atoms with Gasteiger partial charge in [-0.05, 0) is 35.5 Å². The van der Waals surface area contributed by atoms with E-state index in [2.05, 4.69) is 10.5 Å². The van der Waals surface area contributed by atoms with Gasteiger partial charge in [0.15, 0.2) is 5.17 Å². The Bertz CT molecular complexity index is 563. The second kappa shape index (κ2) is 4.92. The lowest BCUT2D eigenvalue weighted by Gasteiger charge is -1.97. The van der Waals surface area contributed by atoms with Gasteiger partial charge in [-0.25, -0.2) is 4.79 Å². The average Bonchev–Trinajstić information content (AvgIpc) is 2.71. The van der Waals surface area contributed by atoms with Crippen molar-refractivity contribution < 1.29 is 14.7 Å². The fourth-order valence-corrected chi connectivity index (χ4v) is 2.07. The van der Waals surface area contributed by atoms with Crippen molar-refractivity contribution in [2.75, 3.05) is 0 Å². The average molecular weight is 263 g/mol. The molecule has 1 heterocycles. The molecule has 1 aliphatic rings. The number of carbonyl (C=O) groups excluding carboxylic acids is 1. The Morgan fingerprint density at radius 1 is 1.39 bits per heavy atom. The Hall–Kier alpha value is -2.28. The molecule has 0 saturated carbocycles. The molecule has 1 amide bonds. The third-order valence-corrected chi connectivity index (χ3v) is 3.08. The molecule has 6 nitrogen and oxygen atoms in total. The van der Waals surface area contributed by atoms with Crippen LogP contribution in [0.25, 0.3) is 6.08 Å². The molecule has 1 fully saturated rings. The number of amides is 1. The fraction of sp³-hybridized carbons (Fsp3) is 0. The lowest BCUT2D eigenvalue weighted by molar-refractivity contribution is -0.115. The van der Waals surface area contributed by atoms with E-state index in [4.69, 9.17) is 5.11 Å². The molecule has 0 atom stereocenters. The molecule has 0 radical (unpaired) electrons. The minimum atomic E-state index is -1.01. The summed E-state index contributed by atoms with van der Waals surface area (Å²) in [5, 5.41) is 23.9. The number of thioether (sulfide) groups is 1. The van der Waals surface area contributed by atoms with Crippen molar-refractivity contribution in [1.82, 2.24) is 5.32 Å². The highest BCUT2D eigenvalue weighted by atomic mass is 32.2. The highest BCUT2D eigenvalue weighted by molar-refractivity contribution is 8.18. The van der Waals surface area contributed by atoms with E-state index in [0.29, 0.717) is 10.5 Å². The first-order valence-electron chi connectivity index (χ1n) is 4.85. The minimum absolute atomic E-state index is 0.00778. The van der Waals surface area contributed by atoms with Crippen LogP contribution in [0.15, 0.2) is 34.3 Å². The van der Waals surface area contributed by atoms with Crippen LogP contribution >= 0.6 is 11.8 Å². The Labute approximate surface area is 106 Å². The highest BCUT2D eigenvalue weighted by Gasteiger charge is 2.22. The van der Waals surface area contributed by atoms with Gasteiger partial charge in [0.05, 0.1) is 10.5 Å². The van der Waals surface area contributed by atoms with Crippen LogP contribution in [-0.2, 0) is 4.79 Å². The van der Waals surface area contributed by atoms with Crippen LogP contribution in [0.2, 0.25) is 0 Å². The van der Waals surface area contributed by atoms with Gasteiger partial charge in [0.25, 0.3) is 5.91 Å². The predicted octanol–water partition coefficient (Wildman–Crippen LogP) is 1.44. The lowest BCUT2D eigenvalue weighted by atomic mass is 10.1. The monoisotopic (exact) mass is 263 g/mol. The number of aromatic carboxylic acids is 1. The van der Waals surface area contributed by atoms with E-state index in [1.165, 1.54) is 12.1 Å². The van der Waals surface area contributed by atoms with Gasteiger partial charge in [-0.1, -0.05) is 12.1 Å². The third kappa shape index (κ3) is 2.51. The van der Waals surface area contributed by atoms with Crippen LogP contribution in [0, 0.1) is 5.21 Å². The summed E-state index contributed by atoms with van der Waals surface area (Å²) in [6.45, 7) is 0. The summed E-state index contributed by atoms with van der Waals surface area (Å²) in [7, 11) is 0. The van der Waals surface area contributed by atoms with E-state index in [0.717, 1.165) is 11.8 Å². The summed E-state index contributed by atoms with van der Waals surface area (Å²) in [6.07, 6.45) is 1.56. The molecular formula is C11H7N2O4S-. The van der Waals surface area contributed by atoms with Crippen molar-refractivity contribution in [3.05, 3.63) is 45.5 Å². The van der Waals surface area contributed by atoms with Gasteiger partial charge < -0.3 is 15.6 Å². The fourth-order valence-electron chi connectivity index (χ4n) is 1.34. The first kappa shape index (κ1) is 12.2. The van der Waals surface area contributed by atoms with Gasteiger partial charge in [0, 0.05) is 0 Å². The van der Waals surface area contributed by atoms with Crippen LogP contribution in [-0.4, -0.2) is 22.2 Å². The van der Waals surface area contributed by atoms with Crippen molar-refractivity contribution in [3.63, 3.8) is 0 Å².